The van der Waals surface area contributed by atoms with Crippen LogP contribution in [0.4, 0.5) is 5.82 Å². The summed E-state index contributed by atoms with van der Waals surface area (Å²) >= 11 is 0. The number of benzene rings is 1. The minimum atomic E-state index is -3.87. The second-order valence-corrected chi connectivity index (χ2v) is 5.83. The first-order valence-electron chi connectivity index (χ1n) is 5.66. The van der Waals surface area contributed by atoms with E-state index in [2.05, 4.69) is 9.82 Å². The second kappa shape index (κ2) is 4.97. The number of carboxylic acid groups (broad SMARTS) is 1. The van der Waals surface area contributed by atoms with E-state index in [0.717, 1.165) is 0 Å². The SMILES string of the molecule is Cc1c(C(=O)O)cccc1S(=O)(=O)Nc1ccnn1C. The predicted molar refractivity (Wildman–Crippen MR) is 72.2 cm³/mol. The molecule has 2 rings (SSSR count). The molecule has 0 saturated heterocycles. The largest absolute Gasteiger partial charge is 0.478 e. The highest BCUT2D eigenvalue weighted by molar-refractivity contribution is 7.92. The molecule has 0 radical (unpaired) electrons. The molecule has 8 heteroatoms. The summed E-state index contributed by atoms with van der Waals surface area (Å²) in [4.78, 5) is 11.0. The summed E-state index contributed by atoms with van der Waals surface area (Å²) in [6.45, 7) is 1.46. The standard InChI is InChI=1S/C12H13N3O4S/c1-8-9(12(16)17)4-3-5-10(8)20(18,19)14-11-6-7-13-15(11)2/h3-7,14H,1-2H3,(H,16,17). The first-order valence-corrected chi connectivity index (χ1v) is 7.15. The lowest BCUT2D eigenvalue weighted by molar-refractivity contribution is 0.0696. The van der Waals surface area contributed by atoms with Crippen molar-refractivity contribution < 1.29 is 18.3 Å². The van der Waals surface area contributed by atoms with Crippen LogP contribution in [0.15, 0.2) is 35.4 Å². The van der Waals surface area contributed by atoms with E-state index < -0.39 is 16.0 Å². The summed E-state index contributed by atoms with van der Waals surface area (Å²) in [6, 6.07) is 5.63. The zero-order valence-corrected chi connectivity index (χ0v) is 11.7. The molecule has 1 aromatic carbocycles. The Kier molecular flexibility index (Phi) is 3.49. The van der Waals surface area contributed by atoms with Crippen LogP contribution in [0.2, 0.25) is 0 Å². The molecule has 1 heterocycles. The van der Waals surface area contributed by atoms with Crippen LogP contribution in [0, 0.1) is 6.92 Å². The van der Waals surface area contributed by atoms with E-state index in [-0.39, 0.29) is 16.0 Å². The zero-order chi connectivity index (χ0) is 14.9. The summed E-state index contributed by atoms with van der Waals surface area (Å²) < 4.78 is 28.3. The van der Waals surface area contributed by atoms with Gasteiger partial charge >= 0.3 is 5.97 Å². The van der Waals surface area contributed by atoms with Gasteiger partial charge in [-0.05, 0) is 24.6 Å². The van der Waals surface area contributed by atoms with Gasteiger partial charge in [0.2, 0.25) is 0 Å². The molecule has 0 atom stereocenters. The molecule has 0 aliphatic carbocycles. The minimum absolute atomic E-state index is 0.0436. The zero-order valence-electron chi connectivity index (χ0n) is 10.9. The highest BCUT2D eigenvalue weighted by atomic mass is 32.2. The van der Waals surface area contributed by atoms with Gasteiger partial charge in [-0.3, -0.25) is 9.40 Å². The third kappa shape index (κ3) is 2.50. The van der Waals surface area contributed by atoms with E-state index in [0.29, 0.717) is 5.82 Å². The van der Waals surface area contributed by atoms with Crippen LogP contribution in [0.5, 0.6) is 0 Å². The van der Waals surface area contributed by atoms with Crippen molar-refractivity contribution >= 4 is 21.8 Å². The van der Waals surface area contributed by atoms with Crippen LogP contribution >= 0.6 is 0 Å². The molecular weight excluding hydrogens is 282 g/mol. The van der Waals surface area contributed by atoms with E-state index >= 15 is 0 Å². The maximum absolute atomic E-state index is 12.3. The topological polar surface area (TPSA) is 101 Å². The number of nitrogens with one attached hydrogen (secondary N) is 1. The van der Waals surface area contributed by atoms with E-state index in [1.54, 1.807) is 7.05 Å². The average molecular weight is 295 g/mol. The highest BCUT2D eigenvalue weighted by Gasteiger charge is 2.21. The molecule has 2 N–H and O–H groups in total. The molecule has 2 aromatic rings. The first-order chi connectivity index (χ1) is 9.33. The number of aryl methyl sites for hydroxylation is 1. The molecule has 0 aliphatic heterocycles. The Hall–Kier alpha value is -2.35. The quantitative estimate of drug-likeness (QED) is 0.883. The van der Waals surface area contributed by atoms with Gasteiger partial charge in [0.05, 0.1) is 16.7 Å². The Labute approximate surface area is 115 Å². The summed E-state index contributed by atoms with van der Waals surface area (Å²) in [6.07, 6.45) is 1.46. The predicted octanol–water partition coefficient (Wildman–Crippen LogP) is 1.23. The Morgan fingerprint density at radius 1 is 1.35 bits per heavy atom. The van der Waals surface area contributed by atoms with Crippen LogP contribution in [0.3, 0.4) is 0 Å². The molecule has 1 aromatic heterocycles. The van der Waals surface area contributed by atoms with E-state index in [4.69, 9.17) is 5.11 Å². The monoisotopic (exact) mass is 295 g/mol. The third-order valence-electron chi connectivity index (χ3n) is 2.86. The van der Waals surface area contributed by atoms with Crippen LogP contribution in [-0.2, 0) is 17.1 Å². The van der Waals surface area contributed by atoms with E-state index in [1.807, 2.05) is 0 Å². The summed E-state index contributed by atoms with van der Waals surface area (Å²) in [5.41, 5.74) is 0.146. The van der Waals surface area contributed by atoms with E-state index in [1.165, 1.54) is 42.1 Å². The van der Waals surface area contributed by atoms with Gasteiger partial charge in [0, 0.05) is 13.1 Å². The maximum atomic E-state index is 12.3. The number of rotatable bonds is 4. The normalized spacial score (nSPS) is 11.3. The van der Waals surface area contributed by atoms with Gasteiger partial charge in [0.1, 0.15) is 5.82 Å². The van der Waals surface area contributed by atoms with Crippen molar-refractivity contribution in [1.82, 2.24) is 9.78 Å². The highest BCUT2D eigenvalue weighted by Crippen LogP contribution is 2.21. The fourth-order valence-electron chi connectivity index (χ4n) is 1.80. The van der Waals surface area contributed by atoms with Crippen LogP contribution in [0.1, 0.15) is 15.9 Å². The van der Waals surface area contributed by atoms with Crippen molar-refractivity contribution in [2.75, 3.05) is 4.72 Å². The molecule has 0 unspecified atom stereocenters. The van der Waals surface area contributed by atoms with Gasteiger partial charge < -0.3 is 5.11 Å². The Balaban J connectivity index is 2.48. The molecule has 0 bridgehead atoms. The molecule has 0 amide bonds. The van der Waals surface area contributed by atoms with Crippen LogP contribution in [-0.4, -0.2) is 29.3 Å². The molecular formula is C12H13N3O4S. The van der Waals surface area contributed by atoms with Crippen molar-refractivity contribution in [3.8, 4) is 0 Å². The fourth-order valence-corrected chi connectivity index (χ4v) is 3.16. The van der Waals surface area contributed by atoms with Crippen LogP contribution in [0.25, 0.3) is 0 Å². The van der Waals surface area contributed by atoms with Crippen molar-refractivity contribution in [1.29, 1.82) is 0 Å². The lowest BCUT2D eigenvalue weighted by Crippen LogP contribution is -2.17. The Morgan fingerprint density at radius 3 is 2.60 bits per heavy atom. The lowest BCUT2D eigenvalue weighted by Gasteiger charge is -2.11. The number of carbonyl (C=O) groups is 1. The molecule has 106 valence electrons. The number of sulfonamides is 1. The number of hydrogen-bond acceptors (Lipinski definition) is 4. The molecule has 0 spiro atoms. The molecule has 0 fully saturated rings. The molecule has 0 aliphatic rings. The van der Waals surface area contributed by atoms with Gasteiger partial charge in [0.25, 0.3) is 10.0 Å². The third-order valence-corrected chi connectivity index (χ3v) is 4.36. The van der Waals surface area contributed by atoms with Gasteiger partial charge in [-0.2, -0.15) is 5.10 Å². The number of nitrogens with zero attached hydrogens (tertiary/aromatic N) is 2. The van der Waals surface area contributed by atoms with Crippen LogP contribution < -0.4 is 4.72 Å². The van der Waals surface area contributed by atoms with Gasteiger partial charge in [-0.1, -0.05) is 6.07 Å². The number of aromatic carboxylic acids is 1. The minimum Gasteiger partial charge on any atom is -0.478 e. The van der Waals surface area contributed by atoms with Crippen molar-refractivity contribution in [2.45, 2.75) is 11.8 Å². The summed E-state index contributed by atoms with van der Waals surface area (Å²) in [5, 5.41) is 12.9. The van der Waals surface area contributed by atoms with Crippen molar-refractivity contribution in [3.05, 3.63) is 41.6 Å². The fraction of sp³-hybridized carbons (Fsp3) is 0.167. The number of carboxylic acids is 1. The molecule has 7 nitrogen and oxygen atoms in total. The summed E-state index contributed by atoms with van der Waals surface area (Å²) in [7, 11) is -2.27. The average Bonchev–Trinajstić information content (AvgIpc) is 2.74. The summed E-state index contributed by atoms with van der Waals surface area (Å²) in [5.74, 6) is -0.870. The molecule has 0 saturated carbocycles. The van der Waals surface area contributed by atoms with Gasteiger partial charge in [0.15, 0.2) is 0 Å². The van der Waals surface area contributed by atoms with Crippen molar-refractivity contribution in [2.24, 2.45) is 7.05 Å². The van der Waals surface area contributed by atoms with E-state index in [9.17, 15) is 13.2 Å². The second-order valence-electron chi connectivity index (χ2n) is 4.18. The number of anilines is 1. The van der Waals surface area contributed by atoms with Gasteiger partial charge in [-0.25, -0.2) is 13.2 Å². The van der Waals surface area contributed by atoms with Gasteiger partial charge in [-0.15, -0.1) is 0 Å². The Morgan fingerprint density at radius 2 is 2.05 bits per heavy atom. The first kappa shape index (κ1) is 14.1. The Bertz CT molecular complexity index is 765. The smallest absolute Gasteiger partial charge is 0.335 e. The van der Waals surface area contributed by atoms with Crippen molar-refractivity contribution in [3.63, 3.8) is 0 Å². The number of aromatic nitrogens is 2. The lowest BCUT2D eigenvalue weighted by atomic mass is 10.1. The molecule has 20 heavy (non-hydrogen) atoms. The maximum Gasteiger partial charge on any atom is 0.335 e. The number of hydrogen-bond donors (Lipinski definition) is 2.